The summed E-state index contributed by atoms with van der Waals surface area (Å²) < 4.78 is 0. The van der Waals surface area contributed by atoms with Gasteiger partial charge in [0.1, 0.15) is 0 Å². The first-order chi connectivity index (χ1) is 11.2. The Labute approximate surface area is 144 Å². The third-order valence-electron chi connectivity index (χ3n) is 4.31. The summed E-state index contributed by atoms with van der Waals surface area (Å²) >= 11 is 0. The second-order valence-corrected chi connectivity index (χ2v) is 7.72. The normalized spacial score (nSPS) is 15.7. The first-order valence-corrected chi connectivity index (χ1v) is 8.49. The summed E-state index contributed by atoms with van der Waals surface area (Å²) in [6, 6.07) is 7.23. The van der Waals surface area contributed by atoms with E-state index in [0.717, 1.165) is 18.4 Å². The molecule has 0 radical (unpaired) electrons. The van der Waals surface area contributed by atoms with Crippen molar-refractivity contribution in [3.05, 3.63) is 35.4 Å². The Morgan fingerprint density at radius 2 is 1.83 bits per heavy atom. The molecule has 2 rings (SSSR count). The zero-order chi connectivity index (χ0) is 17.9. The number of hydrogen-bond acceptors (Lipinski definition) is 3. The Morgan fingerprint density at radius 3 is 2.33 bits per heavy atom. The monoisotopic (exact) mass is 332 g/mol. The van der Waals surface area contributed by atoms with Gasteiger partial charge in [0.25, 0.3) is 5.91 Å². The maximum absolute atomic E-state index is 12.4. The van der Waals surface area contributed by atoms with E-state index in [4.69, 9.17) is 0 Å². The van der Waals surface area contributed by atoms with Crippen molar-refractivity contribution in [3.8, 4) is 0 Å². The number of aliphatic hydroxyl groups excluding tert-OH is 1. The Kier molecular flexibility index (Phi) is 5.65. The van der Waals surface area contributed by atoms with Gasteiger partial charge in [-0.2, -0.15) is 0 Å². The summed E-state index contributed by atoms with van der Waals surface area (Å²) in [5.74, 6) is 0.255. The molecule has 1 fully saturated rings. The molecule has 5 nitrogen and oxygen atoms in total. The Morgan fingerprint density at radius 1 is 1.25 bits per heavy atom. The molecule has 0 saturated heterocycles. The Bertz CT molecular complexity index is 586. The van der Waals surface area contributed by atoms with E-state index in [1.165, 1.54) is 0 Å². The van der Waals surface area contributed by atoms with Crippen molar-refractivity contribution in [1.82, 2.24) is 10.2 Å². The van der Waals surface area contributed by atoms with Crippen LogP contribution in [0.25, 0.3) is 0 Å². The summed E-state index contributed by atoms with van der Waals surface area (Å²) in [6.45, 7) is 6.43. The first kappa shape index (κ1) is 18.5. The lowest BCUT2D eigenvalue weighted by atomic mass is 9.95. The van der Waals surface area contributed by atoms with Gasteiger partial charge in [-0.25, -0.2) is 0 Å². The van der Waals surface area contributed by atoms with Gasteiger partial charge in [-0.1, -0.05) is 32.9 Å². The lowest BCUT2D eigenvalue weighted by Crippen LogP contribution is -2.35. The van der Waals surface area contributed by atoms with E-state index in [1.54, 1.807) is 24.1 Å². The topological polar surface area (TPSA) is 69.6 Å². The zero-order valence-electron chi connectivity index (χ0n) is 15.0. The van der Waals surface area contributed by atoms with Gasteiger partial charge in [-0.05, 0) is 36.5 Å². The molecule has 1 saturated carbocycles. The first-order valence-electron chi connectivity index (χ1n) is 8.49. The summed E-state index contributed by atoms with van der Waals surface area (Å²) in [6.07, 6.45) is 1.68. The van der Waals surface area contributed by atoms with E-state index in [0.29, 0.717) is 24.6 Å². The van der Waals surface area contributed by atoms with Gasteiger partial charge in [0.2, 0.25) is 5.91 Å². The molecule has 1 aliphatic carbocycles. The van der Waals surface area contributed by atoms with Crippen molar-refractivity contribution in [3.63, 3.8) is 0 Å². The maximum atomic E-state index is 12.4. The SMILES string of the molecule is CN(CC(O)C1CC1)C(=O)c1ccc(CNC(=O)C(C)(C)C)cc1. The van der Waals surface area contributed by atoms with Crippen LogP contribution in [0, 0.1) is 11.3 Å². The fraction of sp³-hybridized carbons (Fsp3) is 0.579. The Hall–Kier alpha value is -1.88. The van der Waals surface area contributed by atoms with Crippen LogP contribution < -0.4 is 5.32 Å². The number of amides is 2. The number of rotatable bonds is 6. The van der Waals surface area contributed by atoms with Gasteiger partial charge in [0.15, 0.2) is 0 Å². The largest absolute Gasteiger partial charge is 0.391 e. The van der Waals surface area contributed by atoms with E-state index in [-0.39, 0.29) is 11.8 Å². The summed E-state index contributed by atoms with van der Waals surface area (Å²) in [5, 5.41) is 12.8. The number of benzene rings is 1. The van der Waals surface area contributed by atoms with Crippen molar-refractivity contribution in [1.29, 1.82) is 0 Å². The standard InChI is InChI=1S/C19H28N2O3/c1-19(2,3)18(24)20-11-13-5-7-15(8-6-13)17(23)21(4)12-16(22)14-9-10-14/h5-8,14,16,22H,9-12H2,1-4H3,(H,20,24). The van der Waals surface area contributed by atoms with Crippen LogP contribution >= 0.6 is 0 Å². The van der Waals surface area contributed by atoms with E-state index in [9.17, 15) is 14.7 Å². The molecule has 1 aromatic carbocycles. The lowest BCUT2D eigenvalue weighted by Gasteiger charge is -2.21. The number of likely N-dealkylation sites (N-methyl/N-ethyl adjacent to an activating group) is 1. The van der Waals surface area contributed by atoms with Crippen LogP contribution in [0.4, 0.5) is 0 Å². The van der Waals surface area contributed by atoms with E-state index < -0.39 is 11.5 Å². The summed E-state index contributed by atoms with van der Waals surface area (Å²) in [7, 11) is 1.71. The number of carbonyl (C=O) groups is 2. The molecule has 132 valence electrons. The summed E-state index contributed by atoms with van der Waals surface area (Å²) in [4.78, 5) is 25.8. The molecule has 0 heterocycles. The fourth-order valence-corrected chi connectivity index (χ4v) is 2.43. The van der Waals surface area contributed by atoms with E-state index >= 15 is 0 Å². The number of nitrogens with one attached hydrogen (secondary N) is 1. The number of aliphatic hydroxyl groups is 1. The quantitative estimate of drug-likeness (QED) is 0.839. The highest BCUT2D eigenvalue weighted by atomic mass is 16.3. The lowest BCUT2D eigenvalue weighted by molar-refractivity contribution is -0.128. The highest BCUT2D eigenvalue weighted by Crippen LogP contribution is 2.32. The average molecular weight is 332 g/mol. The van der Waals surface area contributed by atoms with Crippen LogP contribution in [-0.2, 0) is 11.3 Å². The van der Waals surface area contributed by atoms with Gasteiger partial charge in [0.05, 0.1) is 6.10 Å². The molecule has 2 amide bonds. The third kappa shape index (κ3) is 5.06. The van der Waals surface area contributed by atoms with Crippen molar-refractivity contribution in [2.75, 3.05) is 13.6 Å². The molecule has 1 aromatic rings. The van der Waals surface area contributed by atoms with Crippen LogP contribution in [0.5, 0.6) is 0 Å². The highest BCUT2D eigenvalue weighted by molar-refractivity contribution is 5.94. The minimum absolute atomic E-state index is 0.00329. The van der Waals surface area contributed by atoms with Gasteiger partial charge in [-0.3, -0.25) is 9.59 Å². The highest BCUT2D eigenvalue weighted by Gasteiger charge is 2.31. The predicted octanol–water partition coefficient (Wildman–Crippen LogP) is 2.19. The van der Waals surface area contributed by atoms with Gasteiger partial charge in [0, 0.05) is 31.1 Å². The van der Waals surface area contributed by atoms with Crippen LogP contribution in [0.3, 0.4) is 0 Å². The molecule has 24 heavy (non-hydrogen) atoms. The van der Waals surface area contributed by atoms with Crippen molar-refractivity contribution in [2.24, 2.45) is 11.3 Å². The van der Waals surface area contributed by atoms with Crippen LogP contribution in [-0.4, -0.2) is 41.5 Å². The molecule has 1 unspecified atom stereocenters. The Balaban J connectivity index is 1.88. The van der Waals surface area contributed by atoms with Crippen LogP contribution in [0.1, 0.15) is 49.5 Å². The molecular formula is C19H28N2O3. The molecule has 0 aromatic heterocycles. The average Bonchev–Trinajstić information content (AvgIpc) is 3.36. The third-order valence-corrected chi connectivity index (χ3v) is 4.31. The summed E-state index contributed by atoms with van der Waals surface area (Å²) in [5.41, 5.74) is 1.12. The predicted molar refractivity (Wildman–Crippen MR) is 93.4 cm³/mol. The van der Waals surface area contributed by atoms with Gasteiger partial charge < -0.3 is 15.3 Å². The number of hydrogen-bond donors (Lipinski definition) is 2. The minimum atomic E-state index is -0.425. The second kappa shape index (κ2) is 7.34. The van der Waals surface area contributed by atoms with Crippen LogP contribution in [0.2, 0.25) is 0 Å². The van der Waals surface area contributed by atoms with Gasteiger partial charge >= 0.3 is 0 Å². The van der Waals surface area contributed by atoms with Crippen molar-refractivity contribution in [2.45, 2.75) is 46.3 Å². The van der Waals surface area contributed by atoms with Crippen LogP contribution in [0.15, 0.2) is 24.3 Å². The number of carbonyl (C=O) groups excluding carboxylic acids is 2. The van der Waals surface area contributed by atoms with Crippen molar-refractivity contribution >= 4 is 11.8 Å². The molecule has 5 heteroatoms. The fourth-order valence-electron chi connectivity index (χ4n) is 2.43. The number of nitrogens with zero attached hydrogens (tertiary/aromatic N) is 1. The molecule has 1 aliphatic rings. The molecule has 0 bridgehead atoms. The smallest absolute Gasteiger partial charge is 0.253 e. The molecule has 0 spiro atoms. The molecule has 1 atom stereocenters. The molecule has 2 N–H and O–H groups in total. The second-order valence-electron chi connectivity index (χ2n) is 7.72. The maximum Gasteiger partial charge on any atom is 0.253 e. The minimum Gasteiger partial charge on any atom is -0.391 e. The molecular weight excluding hydrogens is 304 g/mol. The zero-order valence-corrected chi connectivity index (χ0v) is 15.0. The van der Waals surface area contributed by atoms with Crippen molar-refractivity contribution < 1.29 is 14.7 Å². The molecule has 0 aliphatic heterocycles. The van der Waals surface area contributed by atoms with E-state index in [2.05, 4.69) is 5.32 Å². The van der Waals surface area contributed by atoms with Gasteiger partial charge in [-0.15, -0.1) is 0 Å². The van der Waals surface area contributed by atoms with E-state index in [1.807, 2.05) is 32.9 Å².